The summed E-state index contributed by atoms with van der Waals surface area (Å²) in [6.07, 6.45) is 2.71. The molecule has 5 heteroatoms. The number of guanidine groups is 1. The van der Waals surface area contributed by atoms with Crippen molar-refractivity contribution in [3.05, 3.63) is 54.1 Å². The minimum absolute atomic E-state index is 0.155. The highest BCUT2D eigenvalue weighted by Crippen LogP contribution is 2.30. The Morgan fingerprint density at radius 1 is 1.15 bits per heavy atom. The molecule has 0 bridgehead atoms. The van der Waals surface area contributed by atoms with Crippen molar-refractivity contribution in [2.45, 2.75) is 39.3 Å². The number of nitrogens with zero attached hydrogens (tertiary/aromatic N) is 1. The van der Waals surface area contributed by atoms with Gasteiger partial charge in [-0.1, -0.05) is 18.2 Å². The van der Waals surface area contributed by atoms with Crippen LogP contribution in [0.5, 0.6) is 11.5 Å². The van der Waals surface area contributed by atoms with Gasteiger partial charge in [-0.15, -0.1) is 0 Å². The van der Waals surface area contributed by atoms with Crippen LogP contribution in [0, 0.1) is 5.92 Å². The highest BCUT2D eigenvalue weighted by atomic mass is 16.5. The summed E-state index contributed by atoms with van der Waals surface area (Å²) in [4.78, 5) is 4.44. The van der Waals surface area contributed by atoms with Crippen molar-refractivity contribution >= 4 is 11.6 Å². The van der Waals surface area contributed by atoms with Gasteiger partial charge >= 0.3 is 0 Å². The number of nitrogens with one attached hydrogen (secondary N) is 1. The topological polar surface area (TPSA) is 68.9 Å². The predicted octanol–water partition coefficient (Wildman–Crippen LogP) is 4.19. The Morgan fingerprint density at radius 2 is 1.88 bits per heavy atom. The third-order valence-corrected chi connectivity index (χ3v) is 4.06. The fourth-order valence-electron chi connectivity index (χ4n) is 2.51. The maximum absolute atomic E-state index is 6.02. The second-order valence-corrected chi connectivity index (χ2v) is 6.88. The van der Waals surface area contributed by atoms with Gasteiger partial charge in [-0.25, -0.2) is 4.99 Å². The summed E-state index contributed by atoms with van der Waals surface area (Å²) in [6, 6.07) is 15.7. The number of hydrogen-bond donors (Lipinski definition) is 2. The molecule has 2 aromatic rings. The number of rotatable bonds is 8. The van der Waals surface area contributed by atoms with E-state index < -0.39 is 0 Å². The van der Waals surface area contributed by atoms with Crippen LogP contribution in [0.25, 0.3) is 0 Å². The zero-order valence-corrected chi connectivity index (χ0v) is 15.4. The van der Waals surface area contributed by atoms with Crippen LogP contribution >= 0.6 is 0 Å². The quantitative estimate of drug-likeness (QED) is 0.551. The van der Waals surface area contributed by atoms with Crippen LogP contribution in [-0.2, 0) is 6.54 Å². The number of aliphatic imine (C=N–C) groups is 1. The summed E-state index contributed by atoms with van der Waals surface area (Å²) < 4.78 is 11.5. The molecule has 0 radical (unpaired) electrons. The Bertz CT molecular complexity index is 737. The molecule has 2 aromatic carbocycles. The molecule has 26 heavy (non-hydrogen) atoms. The minimum atomic E-state index is 0.155. The first-order chi connectivity index (χ1) is 12.6. The smallest absolute Gasteiger partial charge is 0.193 e. The van der Waals surface area contributed by atoms with Crippen LogP contribution in [-0.4, -0.2) is 18.7 Å². The lowest BCUT2D eigenvalue weighted by atomic mass is 10.2. The molecule has 1 aliphatic carbocycles. The highest BCUT2D eigenvalue weighted by molar-refractivity contribution is 5.92. The van der Waals surface area contributed by atoms with E-state index in [0.29, 0.717) is 12.5 Å². The molecular formula is C21H27N3O2. The SMILES string of the molecule is CC(C)Oc1ccc(NC(N)=NCc2ccccc2OCC2CC2)cc1. The van der Waals surface area contributed by atoms with Gasteiger partial charge in [0.2, 0.25) is 0 Å². The van der Waals surface area contributed by atoms with Crippen molar-refractivity contribution in [3.63, 3.8) is 0 Å². The molecule has 0 heterocycles. The Kier molecular flexibility index (Phi) is 6.00. The van der Waals surface area contributed by atoms with Gasteiger partial charge < -0.3 is 20.5 Å². The molecule has 3 N–H and O–H groups in total. The molecule has 0 aliphatic heterocycles. The molecular weight excluding hydrogens is 326 g/mol. The van der Waals surface area contributed by atoms with Crippen LogP contribution in [0.2, 0.25) is 0 Å². The van der Waals surface area contributed by atoms with E-state index in [2.05, 4.69) is 10.3 Å². The third kappa shape index (κ3) is 5.69. The predicted molar refractivity (Wildman–Crippen MR) is 106 cm³/mol. The Balaban J connectivity index is 1.56. The zero-order valence-electron chi connectivity index (χ0n) is 15.4. The van der Waals surface area contributed by atoms with Crippen LogP contribution in [0.3, 0.4) is 0 Å². The van der Waals surface area contributed by atoms with E-state index in [1.54, 1.807) is 0 Å². The van der Waals surface area contributed by atoms with E-state index in [0.717, 1.165) is 35.3 Å². The van der Waals surface area contributed by atoms with Crippen molar-refractivity contribution in [2.24, 2.45) is 16.6 Å². The summed E-state index contributed by atoms with van der Waals surface area (Å²) in [6.45, 7) is 5.28. The molecule has 0 atom stereocenters. The lowest BCUT2D eigenvalue weighted by molar-refractivity contribution is 0.242. The summed E-state index contributed by atoms with van der Waals surface area (Å²) in [5, 5.41) is 3.10. The first-order valence-electron chi connectivity index (χ1n) is 9.14. The molecule has 1 fully saturated rings. The van der Waals surface area contributed by atoms with Crippen LogP contribution in [0.1, 0.15) is 32.3 Å². The fraction of sp³-hybridized carbons (Fsp3) is 0.381. The average molecular weight is 353 g/mol. The minimum Gasteiger partial charge on any atom is -0.493 e. The number of para-hydroxylation sites is 1. The molecule has 0 unspecified atom stereocenters. The van der Waals surface area contributed by atoms with E-state index in [4.69, 9.17) is 15.2 Å². The van der Waals surface area contributed by atoms with Crippen molar-refractivity contribution in [1.29, 1.82) is 0 Å². The summed E-state index contributed by atoms with van der Waals surface area (Å²) >= 11 is 0. The van der Waals surface area contributed by atoms with E-state index >= 15 is 0 Å². The molecule has 1 aliphatic rings. The zero-order chi connectivity index (χ0) is 18.4. The Hall–Kier alpha value is -2.69. The summed E-state index contributed by atoms with van der Waals surface area (Å²) in [5.41, 5.74) is 7.94. The van der Waals surface area contributed by atoms with Crippen molar-refractivity contribution < 1.29 is 9.47 Å². The van der Waals surface area contributed by atoms with Crippen molar-refractivity contribution in [2.75, 3.05) is 11.9 Å². The lowest BCUT2D eigenvalue weighted by Gasteiger charge is -2.11. The first-order valence-corrected chi connectivity index (χ1v) is 9.14. The van der Waals surface area contributed by atoms with Gasteiger partial charge in [0.15, 0.2) is 5.96 Å². The van der Waals surface area contributed by atoms with E-state index in [-0.39, 0.29) is 6.10 Å². The second kappa shape index (κ2) is 8.61. The molecule has 0 saturated heterocycles. The van der Waals surface area contributed by atoms with Gasteiger partial charge in [0.05, 0.1) is 19.3 Å². The van der Waals surface area contributed by atoms with Gasteiger partial charge in [-0.05, 0) is 62.9 Å². The Labute approximate surface area is 155 Å². The van der Waals surface area contributed by atoms with Crippen LogP contribution < -0.4 is 20.5 Å². The fourth-order valence-corrected chi connectivity index (χ4v) is 2.51. The number of ether oxygens (including phenoxy) is 2. The van der Waals surface area contributed by atoms with E-state index in [1.807, 2.05) is 62.4 Å². The molecule has 1 saturated carbocycles. The van der Waals surface area contributed by atoms with Gasteiger partial charge in [0, 0.05) is 11.3 Å². The lowest BCUT2D eigenvalue weighted by Crippen LogP contribution is -2.22. The van der Waals surface area contributed by atoms with Gasteiger partial charge in [0.1, 0.15) is 11.5 Å². The second-order valence-electron chi connectivity index (χ2n) is 6.88. The van der Waals surface area contributed by atoms with Crippen molar-refractivity contribution in [1.82, 2.24) is 0 Å². The monoisotopic (exact) mass is 353 g/mol. The largest absolute Gasteiger partial charge is 0.493 e. The molecule has 3 rings (SSSR count). The van der Waals surface area contributed by atoms with Crippen molar-refractivity contribution in [3.8, 4) is 11.5 Å². The van der Waals surface area contributed by atoms with Crippen LogP contribution in [0.15, 0.2) is 53.5 Å². The highest BCUT2D eigenvalue weighted by Gasteiger charge is 2.22. The van der Waals surface area contributed by atoms with E-state index in [1.165, 1.54) is 12.8 Å². The number of nitrogens with two attached hydrogens (primary N) is 1. The molecule has 0 spiro atoms. The van der Waals surface area contributed by atoms with Gasteiger partial charge in [-0.2, -0.15) is 0 Å². The summed E-state index contributed by atoms with van der Waals surface area (Å²) in [7, 11) is 0. The van der Waals surface area contributed by atoms with Gasteiger partial charge in [-0.3, -0.25) is 0 Å². The summed E-state index contributed by atoms with van der Waals surface area (Å²) in [5.74, 6) is 2.83. The average Bonchev–Trinajstić information content (AvgIpc) is 3.44. The molecule has 5 nitrogen and oxygen atoms in total. The molecule has 0 aromatic heterocycles. The number of anilines is 1. The molecule has 138 valence electrons. The normalized spacial score (nSPS) is 14.3. The number of benzene rings is 2. The van der Waals surface area contributed by atoms with E-state index in [9.17, 15) is 0 Å². The third-order valence-electron chi connectivity index (χ3n) is 4.06. The first kappa shape index (κ1) is 18.1. The number of hydrogen-bond acceptors (Lipinski definition) is 3. The Morgan fingerprint density at radius 3 is 2.58 bits per heavy atom. The van der Waals surface area contributed by atoms with Gasteiger partial charge in [0.25, 0.3) is 0 Å². The molecule has 0 amide bonds. The van der Waals surface area contributed by atoms with Crippen LogP contribution in [0.4, 0.5) is 5.69 Å². The maximum Gasteiger partial charge on any atom is 0.193 e. The standard InChI is InChI=1S/C21H27N3O2/c1-15(2)26-19-11-9-18(10-12-19)24-21(22)23-13-17-5-3-4-6-20(17)25-14-16-7-8-16/h3-6,9-12,15-16H,7-8,13-14H2,1-2H3,(H3,22,23,24). The maximum atomic E-state index is 6.02.